The summed E-state index contributed by atoms with van der Waals surface area (Å²) in [6.07, 6.45) is 0. The molecule has 0 aromatic rings. The molecular weight excluding hydrogens is 199 g/mol. The van der Waals surface area contributed by atoms with E-state index in [9.17, 15) is 0 Å². The van der Waals surface area contributed by atoms with Gasteiger partial charge in [-0.25, -0.2) is 0 Å². The molecule has 0 spiro atoms. The van der Waals surface area contributed by atoms with Crippen molar-refractivity contribution in [2.24, 2.45) is 5.41 Å². The number of hydrogen-bond donors (Lipinski definition) is 0. The molecule has 0 heterocycles. The maximum atomic E-state index is 4.16. The van der Waals surface area contributed by atoms with Gasteiger partial charge in [0.2, 0.25) is 0 Å². The number of hydrogen-bond acceptors (Lipinski definition) is 1. The molecule has 0 nitrogen and oxygen atoms in total. The van der Waals surface area contributed by atoms with Crippen LogP contribution in [0.1, 0.15) is 34.6 Å². The number of rotatable bonds is 3. The van der Waals surface area contributed by atoms with Crippen LogP contribution in [0.5, 0.6) is 0 Å². The minimum Gasteiger partial charge on any atom is -0.337 e. The van der Waals surface area contributed by atoms with E-state index in [1.807, 2.05) is 0 Å². The predicted molar refractivity (Wildman–Crippen MR) is 68.8 cm³/mol. The topological polar surface area (TPSA) is 0 Å². The fourth-order valence-electron chi connectivity index (χ4n) is 0.592. The summed E-state index contributed by atoms with van der Waals surface area (Å²) in [5.74, 6) is 1.18. The van der Waals surface area contributed by atoms with E-state index in [4.69, 9.17) is 0 Å². The summed E-state index contributed by atoms with van der Waals surface area (Å²) in [6, 6.07) is 0. The first kappa shape index (κ1) is 17.6. The van der Waals surface area contributed by atoms with Gasteiger partial charge in [-0.05, 0) is 10.8 Å². The van der Waals surface area contributed by atoms with Crippen LogP contribution in [-0.2, 0) is 0 Å². The van der Waals surface area contributed by atoms with E-state index in [1.54, 1.807) is 0 Å². The van der Waals surface area contributed by atoms with Crippen LogP contribution < -0.4 is 18.9 Å². The molecule has 80 valence electrons. The monoisotopic (exact) mass is 224 g/mol. The second kappa shape index (κ2) is 5.48. The Morgan fingerprint density at radius 1 is 1.07 bits per heavy atom. The molecule has 0 aliphatic rings. The Hall–Kier alpha value is 1.16. The maximum Gasteiger partial charge on any atom is 1.00 e. The summed E-state index contributed by atoms with van der Waals surface area (Å²) < 4.78 is 0. The van der Waals surface area contributed by atoms with Crippen LogP contribution in [0.3, 0.4) is 0 Å². The smallest absolute Gasteiger partial charge is 0.337 e. The van der Waals surface area contributed by atoms with Crippen LogP contribution in [0, 0.1) is 12.3 Å². The van der Waals surface area contributed by atoms with Gasteiger partial charge in [-0.2, -0.15) is 16.6 Å². The third kappa shape index (κ3) is 6.61. The van der Waals surface area contributed by atoms with Crippen molar-refractivity contribution in [2.45, 2.75) is 52.8 Å². The Morgan fingerprint density at radius 3 is 1.64 bits per heavy atom. The zero-order chi connectivity index (χ0) is 10.9. The van der Waals surface area contributed by atoms with Crippen LogP contribution in [0.25, 0.3) is 0 Å². The van der Waals surface area contributed by atoms with Crippen LogP contribution >= 0.6 is 11.2 Å². The Labute approximate surface area is 108 Å². The first-order chi connectivity index (χ1) is 5.46. The Kier molecular flexibility index (Phi) is 6.87. The average molecular weight is 224 g/mol. The van der Waals surface area contributed by atoms with Crippen molar-refractivity contribution in [2.75, 3.05) is 5.75 Å². The summed E-state index contributed by atoms with van der Waals surface area (Å²) in [4.78, 5) is 0. The van der Waals surface area contributed by atoms with Crippen molar-refractivity contribution in [3.8, 4) is 0 Å². The molecule has 0 saturated carbocycles. The van der Waals surface area contributed by atoms with Crippen molar-refractivity contribution < 1.29 is 18.9 Å². The van der Waals surface area contributed by atoms with E-state index < -0.39 is 7.22 Å². The maximum absolute atomic E-state index is 4.16. The van der Waals surface area contributed by atoms with Crippen LogP contribution in [0.2, 0.25) is 18.1 Å². The summed E-state index contributed by atoms with van der Waals surface area (Å²) in [5, 5.41) is 0.489. The van der Waals surface area contributed by atoms with Gasteiger partial charge in [0.25, 0.3) is 0 Å². The molecule has 0 aliphatic carbocycles. The second-order valence-electron chi connectivity index (χ2n) is 6.21. The van der Waals surface area contributed by atoms with Gasteiger partial charge in [-0.15, -0.1) is 0 Å². The van der Waals surface area contributed by atoms with E-state index in [0.717, 1.165) is 0 Å². The van der Waals surface area contributed by atoms with E-state index in [1.165, 1.54) is 5.75 Å². The molecule has 0 bridgehead atoms. The minimum absolute atomic E-state index is 0. The zero-order valence-corrected chi connectivity index (χ0v) is 13.1. The molecule has 14 heavy (non-hydrogen) atoms. The zero-order valence-electron chi connectivity index (χ0n) is 11.3. The fraction of sp³-hybridized carbons (Fsp3) is 0.909. The molecule has 0 N–H and O–H groups in total. The SMILES string of the molecule is [CH2-]C(C)(C)CS[Si](C)(C)C(C)(C)C.[Li+]. The summed E-state index contributed by atoms with van der Waals surface area (Å²) >= 11 is 2.17. The van der Waals surface area contributed by atoms with Gasteiger partial charge >= 0.3 is 18.9 Å². The van der Waals surface area contributed by atoms with E-state index in [-0.39, 0.29) is 24.3 Å². The van der Waals surface area contributed by atoms with Crippen molar-refractivity contribution in [3.05, 3.63) is 6.92 Å². The largest absolute Gasteiger partial charge is 1.00 e. The van der Waals surface area contributed by atoms with Crippen molar-refractivity contribution in [1.29, 1.82) is 0 Å². The first-order valence-corrected chi connectivity index (χ1v) is 9.66. The van der Waals surface area contributed by atoms with Crippen LogP contribution in [-0.4, -0.2) is 13.0 Å². The van der Waals surface area contributed by atoms with Gasteiger partial charge < -0.3 is 6.92 Å². The summed E-state index contributed by atoms with van der Waals surface area (Å²) in [6.45, 7) is 20.6. The summed E-state index contributed by atoms with van der Waals surface area (Å²) in [7, 11) is -1.14. The molecule has 0 rings (SSSR count). The van der Waals surface area contributed by atoms with Gasteiger partial charge in [-0.3, -0.25) is 0 Å². The Balaban J connectivity index is 0. The average Bonchev–Trinajstić information content (AvgIpc) is 1.79. The molecule has 0 aromatic carbocycles. The summed E-state index contributed by atoms with van der Waals surface area (Å²) in [5.41, 5.74) is 0.222. The van der Waals surface area contributed by atoms with Gasteiger partial charge in [0, 0.05) is 0 Å². The molecule has 3 heteroatoms. The molecule has 0 amide bonds. The third-order valence-corrected chi connectivity index (χ3v) is 12.3. The minimum atomic E-state index is -1.14. The molecule has 0 atom stereocenters. The van der Waals surface area contributed by atoms with Gasteiger partial charge in [0.15, 0.2) is 0 Å². The Morgan fingerprint density at radius 2 is 1.43 bits per heavy atom. The molecular formula is C11H25LiSSi. The fourth-order valence-corrected chi connectivity index (χ4v) is 5.33. The van der Waals surface area contributed by atoms with Gasteiger partial charge in [-0.1, -0.05) is 47.7 Å². The van der Waals surface area contributed by atoms with E-state index in [2.05, 4.69) is 65.8 Å². The van der Waals surface area contributed by atoms with E-state index >= 15 is 0 Å². The molecule has 0 aromatic heterocycles. The quantitative estimate of drug-likeness (QED) is 0.518. The van der Waals surface area contributed by atoms with E-state index in [0.29, 0.717) is 5.04 Å². The molecule has 0 radical (unpaired) electrons. The second-order valence-corrected chi connectivity index (χ2v) is 15.2. The standard InChI is InChI=1S/C11H25SSi.Li/c1-10(2,3)9-12-13(7,8)11(4,5)6;/h1,9H2,2-8H3;/q-1;+1. The third-order valence-electron chi connectivity index (χ3n) is 2.63. The van der Waals surface area contributed by atoms with Crippen molar-refractivity contribution in [1.82, 2.24) is 0 Å². The Bertz CT molecular complexity index is 165. The van der Waals surface area contributed by atoms with Crippen LogP contribution in [0.4, 0.5) is 0 Å². The van der Waals surface area contributed by atoms with Crippen LogP contribution in [0.15, 0.2) is 0 Å². The first-order valence-electron chi connectivity index (χ1n) is 4.95. The molecule has 0 unspecified atom stereocenters. The normalized spacial score (nSPS) is 13.7. The molecule has 0 fully saturated rings. The van der Waals surface area contributed by atoms with Crippen molar-refractivity contribution in [3.63, 3.8) is 0 Å². The van der Waals surface area contributed by atoms with Gasteiger partial charge in [0.1, 0.15) is 7.22 Å². The molecule has 0 saturated heterocycles. The van der Waals surface area contributed by atoms with Gasteiger partial charge in [0.05, 0.1) is 0 Å². The van der Waals surface area contributed by atoms with Crippen molar-refractivity contribution >= 4 is 18.4 Å². The predicted octanol–water partition coefficient (Wildman–Crippen LogP) is 1.59. The molecule has 0 aliphatic heterocycles.